The van der Waals surface area contributed by atoms with Crippen LogP contribution in [0, 0.1) is 5.82 Å². The number of halogens is 1. The molecule has 1 spiro atoms. The largest absolute Gasteiger partial charge is 0.504 e. The monoisotopic (exact) mass is 404 g/mol. The van der Waals surface area contributed by atoms with Gasteiger partial charge in [-0.2, -0.15) is 5.10 Å². The van der Waals surface area contributed by atoms with E-state index < -0.39 is 11.6 Å². The normalized spacial score (nSPS) is 17.9. The number of rotatable bonds is 2. The number of piperazine rings is 1. The number of aromatic nitrogens is 4. The number of phenols is 1. The average Bonchev–Trinajstić information content (AvgIpc) is 3.38. The summed E-state index contributed by atoms with van der Waals surface area (Å²) in [4.78, 5) is 11.4. The molecule has 0 bridgehead atoms. The van der Waals surface area contributed by atoms with Gasteiger partial charge in [0, 0.05) is 61.1 Å². The molecule has 1 saturated carbocycles. The second-order valence-electron chi connectivity index (χ2n) is 8.39. The molecule has 2 aromatic heterocycles. The molecule has 2 aliphatic rings. The third-order valence-electron chi connectivity index (χ3n) is 6.23. The Bertz CT molecular complexity index is 1310. The van der Waals surface area contributed by atoms with Crippen molar-refractivity contribution in [2.45, 2.75) is 18.4 Å². The van der Waals surface area contributed by atoms with E-state index in [4.69, 9.17) is 0 Å². The van der Waals surface area contributed by atoms with Crippen molar-refractivity contribution < 1.29 is 9.50 Å². The number of hydrogen-bond donors (Lipinski definition) is 2. The number of benzene rings is 2. The Morgan fingerprint density at radius 1 is 1.20 bits per heavy atom. The van der Waals surface area contributed by atoms with Gasteiger partial charge >= 0.3 is 0 Å². The second-order valence-corrected chi connectivity index (χ2v) is 8.39. The van der Waals surface area contributed by atoms with Crippen molar-refractivity contribution in [1.29, 1.82) is 0 Å². The Balaban J connectivity index is 1.39. The molecule has 2 N–H and O–H groups in total. The Hall–Kier alpha value is -3.26. The van der Waals surface area contributed by atoms with Gasteiger partial charge in [0.15, 0.2) is 17.4 Å². The van der Waals surface area contributed by atoms with Crippen LogP contribution < -0.4 is 10.2 Å². The Morgan fingerprint density at radius 3 is 2.90 bits per heavy atom. The van der Waals surface area contributed by atoms with E-state index in [1.165, 1.54) is 17.5 Å². The number of nitrogens with one attached hydrogen (secondary N) is 1. The number of fused-ring (bicyclic) bond motifs is 2. The maximum Gasteiger partial charge on any atom is 0.193 e. The van der Waals surface area contributed by atoms with Crippen molar-refractivity contribution >= 4 is 27.5 Å². The lowest BCUT2D eigenvalue weighted by molar-refractivity contribution is 0.437. The molecular formula is C22H21FN6O. The van der Waals surface area contributed by atoms with Gasteiger partial charge in [0.1, 0.15) is 5.52 Å². The van der Waals surface area contributed by atoms with Crippen LogP contribution in [0.2, 0.25) is 0 Å². The van der Waals surface area contributed by atoms with E-state index in [2.05, 4.69) is 37.4 Å². The maximum absolute atomic E-state index is 14.6. The molecule has 0 unspecified atom stereocenters. The zero-order valence-electron chi connectivity index (χ0n) is 16.6. The van der Waals surface area contributed by atoms with Crippen LogP contribution in [0.15, 0.2) is 36.7 Å². The number of phenolic OH excluding ortho intramolecular Hbond substituents is 1. The van der Waals surface area contributed by atoms with E-state index in [-0.39, 0.29) is 16.9 Å². The molecule has 7 nitrogen and oxygen atoms in total. The first-order valence-corrected chi connectivity index (χ1v) is 10.1. The number of aryl methyl sites for hydroxylation is 1. The number of nitrogens with zero attached hydrogens (tertiary/aromatic N) is 5. The zero-order valence-corrected chi connectivity index (χ0v) is 16.6. The minimum atomic E-state index is -0.755. The Kier molecular flexibility index (Phi) is 3.59. The lowest BCUT2D eigenvalue weighted by Gasteiger charge is -2.35. The van der Waals surface area contributed by atoms with Crippen LogP contribution in [0.5, 0.6) is 5.75 Å². The minimum absolute atomic E-state index is 0.133. The predicted octanol–water partition coefficient (Wildman–Crippen LogP) is 2.97. The lowest BCUT2D eigenvalue weighted by Crippen LogP contribution is -2.52. The number of hydrogen-bond acceptors (Lipinski definition) is 6. The van der Waals surface area contributed by atoms with Crippen LogP contribution in [-0.4, -0.2) is 50.0 Å². The molecule has 4 aromatic rings. The fourth-order valence-corrected chi connectivity index (χ4v) is 4.42. The molecule has 3 heterocycles. The molecule has 1 aliphatic carbocycles. The van der Waals surface area contributed by atoms with Crippen molar-refractivity contribution in [3.05, 3.63) is 42.5 Å². The SMILES string of the molecule is Cn1cc2cc(-c3ncc4cc(N5CCNC6(CC6)C5)ccc4n3)c(O)c(F)c2n1. The average molecular weight is 404 g/mol. The first kappa shape index (κ1) is 17.6. The van der Waals surface area contributed by atoms with Crippen LogP contribution in [0.3, 0.4) is 0 Å². The van der Waals surface area contributed by atoms with E-state index in [0.717, 1.165) is 36.2 Å². The van der Waals surface area contributed by atoms with Gasteiger partial charge in [-0.05, 0) is 37.1 Å². The quantitative estimate of drug-likeness (QED) is 0.535. The summed E-state index contributed by atoms with van der Waals surface area (Å²) in [6.07, 6.45) is 5.92. The van der Waals surface area contributed by atoms with Gasteiger partial charge < -0.3 is 15.3 Å². The molecule has 0 atom stereocenters. The summed E-state index contributed by atoms with van der Waals surface area (Å²) in [5.41, 5.74) is 2.62. The summed E-state index contributed by atoms with van der Waals surface area (Å²) in [7, 11) is 1.71. The standard InChI is InChI=1S/C22H21FN6O/c1-28-11-14-9-16(20(30)18(23)19(14)27-28)21-24-10-13-8-15(2-3-17(13)26-21)29-7-6-25-22(12-29)4-5-22/h2-3,8-11,25,30H,4-7,12H2,1H3. The third kappa shape index (κ3) is 2.71. The molecule has 8 heteroatoms. The fourth-order valence-electron chi connectivity index (χ4n) is 4.42. The molecule has 152 valence electrons. The smallest absolute Gasteiger partial charge is 0.193 e. The van der Waals surface area contributed by atoms with Crippen molar-refractivity contribution in [3.63, 3.8) is 0 Å². The van der Waals surface area contributed by atoms with E-state index in [0.29, 0.717) is 10.9 Å². The first-order valence-electron chi connectivity index (χ1n) is 10.1. The van der Waals surface area contributed by atoms with Crippen molar-refractivity contribution in [2.24, 2.45) is 7.05 Å². The van der Waals surface area contributed by atoms with E-state index in [1.54, 1.807) is 25.5 Å². The van der Waals surface area contributed by atoms with Gasteiger partial charge in [-0.1, -0.05) is 0 Å². The molecule has 6 rings (SSSR count). The molecular weight excluding hydrogens is 383 g/mol. The lowest BCUT2D eigenvalue weighted by atomic mass is 10.1. The van der Waals surface area contributed by atoms with Gasteiger partial charge in [-0.15, -0.1) is 0 Å². The van der Waals surface area contributed by atoms with Crippen LogP contribution >= 0.6 is 0 Å². The zero-order chi connectivity index (χ0) is 20.5. The first-order chi connectivity index (χ1) is 14.5. The molecule has 30 heavy (non-hydrogen) atoms. The molecule has 2 aromatic carbocycles. The molecule has 1 aliphatic heterocycles. The summed E-state index contributed by atoms with van der Waals surface area (Å²) >= 11 is 0. The number of aromatic hydroxyl groups is 1. The maximum atomic E-state index is 14.6. The molecule has 0 amide bonds. The highest BCUT2D eigenvalue weighted by atomic mass is 19.1. The highest BCUT2D eigenvalue weighted by Crippen LogP contribution is 2.39. The summed E-state index contributed by atoms with van der Waals surface area (Å²) in [5, 5.41) is 19.6. The van der Waals surface area contributed by atoms with Crippen LogP contribution in [0.1, 0.15) is 12.8 Å². The van der Waals surface area contributed by atoms with Gasteiger partial charge in [0.2, 0.25) is 0 Å². The van der Waals surface area contributed by atoms with Gasteiger partial charge in [0.25, 0.3) is 0 Å². The van der Waals surface area contributed by atoms with Crippen LogP contribution in [-0.2, 0) is 7.05 Å². The minimum Gasteiger partial charge on any atom is -0.504 e. The van der Waals surface area contributed by atoms with Crippen LogP contribution in [0.25, 0.3) is 33.2 Å². The van der Waals surface area contributed by atoms with Gasteiger partial charge in [-0.25, -0.2) is 14.4 Å². The van der Waals surface area contributed by atoms with E-state index >= 15 is 0 Å². The van der Waals surface area contributed by atoms with Crippen molar-refractivity contribution in [3.8, 4) is 17.1 Å². The molecule has 1 saturated heterocycles. The van der Waals surface area contributed by atoms with E-state index in [9.17, 15) is 9.50 Å². The van der Waals surface area contributed by atoms with Gasteiger partial charge in [0.05, 0.1) is 11.1 Å². The second kappa shape index (κ2) is 6.12. The van der Waals surface area contributed by atoms with Gasteiger partial charge in [-0.3, -0.25) is 4.68 Å². The Morgan fingerprint density at radius 2 is 2.07 bits per heavy atom. The Labute approximate surface area is 172 Å². The summed E-state index contributed by atoms with van der Waals surface area (Å²) in [6.45, 7) is 3.00. The topological polar surface area (TPSA) is 79.1 Å². The highest BCUT2D eigenvalue weighted by Gasteiger charge is 2.45. The summed E-state index contributed by atoms with van der Waals surface area (Å²) < 4.78 is 16.1. The summed E-state index contributed by atoms with van der Waals surface area (Å²) in [5.74, 6) is -0.945. The fraction of sp³-hybridized carbons (Fsp3) is 0.318. The predicted molar refractivity (Wildman–Crippen MR) is 113 cm³/mol. The van der Waals surface area contributed by atoms with Crippen LogP contribution in [0.4, 0.5) is 10.1 Å². The number of anilines is 1. The van der Waals surface area contributed by atoms with Crippen molar-refractivity contribution in [2.75, 3.05) is 24.5 Å². The molecule has 2 fully saturated rings. The highest BCUT2D eigenvalue weighted by molar-refractivity contribution is 5.89. The molecule has 0 radical (unpaired) electrons. The summed E-state index contributed by atoms with van der Waals surface area (Å²) in [6, 6.07) is 7.82. The van der Waals surface area contributed by atoms with E-state index in [1.807, 2.05) is 6.07 Å². The van der Waals surface area contributed by atoms with Crippen molar-refractivity contribution in [1.82, 2.24) is 25.1 Å². The third-order valence-corrected chi connectivity index (χ3v) is 6.23.